The van der Waals surface area contributed by atoms with E-state index in [1.807, 2.05) is 13.8 Å². The van der Waals surface area contributed by atoms with Crippen LogP contribution in [0.1, 0.15) is 31.1 Å². The highest BCUT2D eigenvalue weighted by Crippen LogP contribution is 2.26. The van der Waals surface area contributed by atoms with Crippen molar-refractivity contribution in [1.82, 2.24) is 0 Å². The first-order chi connectivity index (χ1) is 7.79. The lowest BCUT2D eigenvalue weighted by Crippen LogP contribution is -2.18. The van der Waals surface area contributed by atoms with Crippen LogP contribution in [0.4, 0.5) is 17.6 Å². The number of rotatable bonds is 2. The lowest BCUT2D eigenvalue weighted by molar-refractivity contribution is -0.275. The lowest BCUT2D eigenvalue weighted by Gasteiger charge is -2.10. The van der Waals surface area contributed by atoms with Gasteiger partial charge < -0.3 is 4.74 Å². The van der Waals surface area contributed by atoms with Crippen molar-refractivity contribution in [3.05, 3.63) is 29.6 Å². The van der Waals surface area contributed by atoms with E-state index in [0.29, 0.717) is 6.07 Å². The monoisotopic (exact) mass is 252 g/mol. The van der Waals surface area contributed by atoms with Gasteiger partial charge in [-0.1, -0.05) is 13.8 Å². The number of carbonyl (C=O) groups is 1. The molecule has 0 aliphatic heterocycles. The molecule has 17 heavy (non-hydrogen) atoms. The van der Waals surface area contributed by atoms with Gasteiger partial charge in [0.05, 0.1) is 0 Å². The number of alkyl halides is 3. The van der Waals surface area contributed by atoms with E-state index in [1.165, 1.54) is 0 Å². The molecule has 1 aromatic rings. The molecule has 0 bridgehead atoms. The van der Waals surface area contributed by atoms with Crippen LogP contribution in [0, 0.1) is 5.82 Å². The number of hydrogen-bond donors (Lipinski definition) is 0. The quantitative estimate of drug-likeness (QED) is 0.588. The van der Waals surface area contributed by atoms with Gasteiger partial charge in [0.25, 0.3) is 0 Å². The largest absolute Gasteiger partial charge is 0.573 e. The molecule has 0 saturated carbocycles. The van der Waals surface area contributed by atoms with E-state index in [1.54, 1.807) is 0 Å². The molecule has 0 aromatic heterocycles. The summed E-state index contributed by atoms with van der Waals surface area (Å²) in [6.45, 7) is 5.16. The van der Waals surface area contributed by atoms with Crippen LogP contribution in [0.25, 0.3) is 0 Å². The summed E-state index contributed by atoms with van der Waals surface area (Å²) in [5.41, 5.74) is -0.0457. The third kappa shape index (κ3) is 5.33. The maximum atomic E-state index is 12.8. The smallest absolute Gasteiger partial charge is 0.403 e. The highest BCUT2D eigenvalue weighted by molar-refractivity contribution is 5.94. The molecule has 0 fully saturated rings. The highest BCUT2D eigenvalue weighted by atomic mass is 19.4. The minimum absolute atomic E-state index is 0.0457. The maximum Gasteiger partial charge on any atom is 0.573 e. The second kappa shape index (κ2) is 6.22. The Morgan fingerprint density at radius 2 is 1.76 bits per heavy atom. The zero-order valence-electron chi connectivity index (χ0n) is 9.56. The summed E-state index contributed by atoms with van der Waals surface area (Å²) in [6, 6.07) is 2.55. The fourth-order valence-electron chi connectivity index (χ4n) is 0.925. The van der Waals surface area contributed by atoms with E-state index >= 15 is 0 Å². The molecule has 2 nitrogen and oxygen atoms in total. The molecule has 1 rings (SSSR count). The van der Waals surface area contributed by atoms with Gasteiger partial charge in [0.15, 0.2) is 17.3 Å². The summed E-state index contributed by atoms with van der Waals surface area (Å²) in [5.74, 6) is -2.64. The first kappa shape index (κ1) is 15.4. The molecule has 0 spiro atoms. The number of hydrogen-bond acceptors (Lipinski definition) is 2. The third-order valence-electron chi connectivity index (χ3n) is 1.56. The summed E-state index contributed by atoms with van der Waals surface area (Å²) in [5, 5.41) is 0. The summed E-state index contributed by atoms with van der Waals surface area (Å²) in [7, 11) is 0. The van der Waals surface area contributed by atoms with Gasteiger partial charge in [-0.25, -0.2) is 4.39 Å². The minimum Gasteiger partial charge on any atom is -0.403 e. The van der Waals surface area contributed by atoms with Crippen LogP contribution < -0.4 is 4.74 Å². The van der Waals surface area contributed by atoms with Crippen LogP contribution in [-0.4, -0.2) is 12.1 Å². The van der Waals surface area contributed by atoms with Crippen molar-refractivity contribution in [2.24, 2.45) is 0 Å². The van der Waals surface area contributed by atoms with E-state index in [0.717, 1.165) is 19.1 Å². The predicted octanol–water partition coefficient (Wildman–Crippen LogP) is 3.95. The third-order valence-corrected chi connectivity index (χ3v) is 1.56. The summed E-state index contributed by atoms with van der Waals surface area (Å²) >= 11 is 0. The molecule has 0 saturated heterocycles. The molecule has 0 N–H and O–H groups in total. The van der Waals surface area contributed by atoms with E-state index in [4.69, 9.17) is 0 Å². The minimum atomic E-state index is -4.98. The van der Waals surface area contributed by atoms with Crippen LogP contribution in [0.15, 0.2) is 18.2 Å². The van der Waals surface area contributed by atoms with Gasteiger partial charge in [-0.05, 0) is 25.1 Å². The first-order valence-corrected chi connectivity index (χ1v) is 4.86. The van der Waals surface area contributed by atoms with Crippen LogP contribution in [0.3, 0.4) is 0 Å². The Balaban J connectivity index is 0.00000121. The normalized spacial score (nSPS) is 10.3. The van der Waals surface area contributed by atoms with Gasteiger partial charge in [0.1, 0.15) is 0 Å². The average Bonchev–Trinajstić information content (AvgIpc) is 2.22. The summed E-state index contributed by atoms with van der Waals surface area (Å²) in [4.78, 5) is 10.8. The maximum absolute atomic E-state index is 12.8. The summed E-state index contributed by atoms with van der Waals surface area (Å²) < 4.78 is 51.6. The van der Waals surface area contributed by atoms with E-state index in [2.05, 4.69) is 4.74 Å². The van der Waals surface area contributed by atoms with E-state index < -0.39 is 23.7 Å². The molecule has 0 radical (unpaired) electrons. The molecule has 0 unspecified atom stereocenters. The first-order valence-electron chi connectivity index (χ1n) is 4.86. The van der Waals surface area contributed by atoms with Gasteiger partial charge in [-0.2, -0.15) is 0 Å². The van der Waals surface area contributed by atoms with Crippen LogP contribution >= 0.6 is 0 Å². The Hall–Kier alpha value is -1.59. The van der Waals surface area contributed by atoms with Gasteiger partial charge in [0.2, 0.25) is 0 Å². The zero-order chi connectivity index (χ0) is 13.6. The Kier molecular flexibility index (Phi) is 5.64. The summed E-state index contributed by atoms with van der Waals surface area (Å²) in [6.07, 6.45) is -4.98. The van der Waals surface area contributed by atoms with Crippen molar-refractivity contribution in [2.75, 3.05) is 0 Å². The van der Waals surface area contributed by atoms with Gasteiger partial charge in [-0.15, -0.1) is 13.2 Å². The Bertz CT molecular complexity index is 386. The fourth-order valence-corrected chi connectivity index (χ4v) is 0.925. The van der Waals surface area contributed by atoms with Crippen LogP contribution in [-0.2, 0) is 0 Å². The molecule has 96 valence electrons. The molecular weight excluding hydrogens is 240 g/mol. The van der Waals surface area contributed by atoms with Crippen molar-refractivity contribution >= 4 is 5.78 Å². The van der Waals surface area contributed by atoms with Crippen molar-refractivity contribution in [1.29, 1.82) is 0 Å². The van der Waals surface area contributed by atoms with Gasteiger partial charge in [-0.3, -0.25) is 4.79 Å². The predicted molar refractivity (Wildman–Crippen MR) is 54.4 cm³/mol. The number of Topliss-reactive ketones (excluding diaryl/α,β-unsaturated/α-hetero) is 1. The Morgan fingerprint density at radius 1 is 1.24 bits per heavy atom. The van der Waals surface area contributed by atoms with E-state index in [-0.39, 0.29) is 5.56 Å². The Labute approximate surface area is 96.2 Å². The molecule has 0 heterocycles. The molecular formula is C11H12F4O2. The Morgan fingerprint density at radius 3 is 2.18 bits per heavy atom. The van der Waals surface area contributed by atoms with Crippen LogP contribution in [0.2, 0.25) is 0 Å². The molecule has 0 atom stereocenters. The topological polar surface area (TPSA) is 26.3 Å². The average molecular weight is 252 g/mol. The van der Waals surface area contributed by atoms with Crippen molar-refractivity contribution in [2.45, 2.75) is 27.1 Å². The van der Waals surface area contributed by atoms with Crippen molar-refractivity contribution in [3.63, 3.8) is 0 Å². The fraction of sp³-hybridized carbons (Fsp3) is 0.364. The van der Waals surface area contributed by atoms with Gasteiger partial charge in [0, 0.05) is 5.56 Å². The number of halogens is 4. The molecule has 1 aromatic carbocycles. The zero-order valence-corrected chi connectivity index (χ0v) is 9.56. The lowest BCUT2D eigenvalue weighted by atomic mass is 10.1. The molecule has 0 aliphatic carbocycles. The number of carbonyl (C=O) groups excluding carboxylic acids is 1. The van der Waals surface area contributed by atoms with Crippen molar-refractivity contribution < 1.29 is 27.1 Å². The SMILES string of the molecule is CC.CC(=O)c1ccc(F)c(OC(F)(F)F)c1. The molecule has 6 heteroatoms. The molecule has 0 aliphatic rings. The van der Waals surface area contributed by atoms with Crippen molar-refractivity contribution in [3.8, 4) is 5.75 Å². The second-order valence-corrected chi connectivity index (χ2v) is 2.75. The van der Waals surface area contributed by atoms with E-state index in [9.17, 15) is 22.4 Å². The second-order valence-electron chi connectivity index (χ2n) is 2.75. The standard InChI is InChI=1S/C9H6F4O2.C2H6/c1-5(14)6-2-3-7(10)8(4-6)15-9(11,12)13;1-2/h2-4H,1H3;1-2H3. The van der Waals surface area contributed by atoms with Crippen LogP contribution in [0.5, 0.6) is 5.75 Å². The molecule has 0 amide bonds. The van der Waals surface area contributed by atoms with Gasteiger partial charge >= 0.3 is 6.36 Å². The number of ketones is 1. The number of benzene rings is 1. The number of ether oxygens (including phenoxy) is 1. The highest BCUT2D eigenvalue weighted by Gasteiger charge is 2.32.